The SMILES string of the molecule is CCCCOc1ccc(Br)cc1C(=O)NC(=S)Nc1cc(Cl)ccc1C. The van der Waals surface area contributed by atoms with Crippen molar-refractivity contribution in [1.29, 1.82) is 0 Å². The zero-order valence-electron chi connectivity index (χ0n) is 14.6. The van der Waals surface area contributed by atoms with E-state index in [1.807, 2.05) is 19.1 Å². The summed E-state index contributed by atoms with van der Waals surface area (Å²) >= 11 is 14.7. The van der Waals surface area contributed by atoms with Crippen molar-refractivity contribution in [2.75, 3.05) is 11.9 Å². The molecule has 0 bridgehead atoms. The molecule has 0 atom stereocenters. The summed E-state index contributed by atoms with van der Waals surface area (Å²) in [6.45, 7) is 4.57. The van der Waals surface area contributed by atoms with E-state index in [-0.39, 0.29) is 11.0 Å². The van der Waals surface area contributed by atoms with E-state index in [1.165, 1.54) is 0 Å². The minimum absolute atomic E-state index is 0.194. The van der Waals surface area contributed by atoms with Crippen LogP contribution in [0.5, 0.6) is 5.75 Å². The van der Waals surface area contributed by atoms with Crippen molar-refractivity contribution in [3.8, 4) is 5.75 Å². The Kier molecular flexibility index (Phi) is 7.87. The van der Waals surface area contributed by atoms with E-state index in [1.54, 1.807) is 24.3 Å². The van der Waals surface area contributed by atoms with Crippen molar-refractivity contribution < 1.29 is 9.53 Å². The number of ether oxygens (including phenoxy) is 1. The maximum absolute atomic E-state index is 12.6. The number of thiocarbonyl (C=S) groups is 1. The number of amides is 1. The van der Waals surface area contributed by atoms with Gasteiger partial charge in [-0.25, -0.2) is 0 Å². The van der Waals surface area contributed by atoms with Gasteiger partial charge in [0.05, 0.1) is 12.2 Å². The summed E-state index contributed by atoms with van der Waals surface area (Å²) in [7, 11) is 0. The summed E-state index contributed by atoms with van der Waals surface area (Å²) in [5, 5.41) is 6.47. The molecule has 0 heterocycles. The molecule has 1 amide bonds. The van der Waals surface area contributed by atoms with Crippen LogP contribution < -0.4 is 15.4 Å². The minimum Gasteiger partial charge on any atom is -0.493 e. The van der Waals surface area contributed by atoms with Gasteiger partial charge in [0, 0.05) is 15.2 Å². The maximum Gasteiger partial charge on any atom is 0.261 e. The number of rotatable bonds is 6. The van der Waals surface area contributed by atoms with Crippen molar-refractivity contribution in [3.63, 3.8) is 0 Å². The average Bonchev–Trinajstić information content (AvgIpc) is 2.59. The van der Waals surface area contributed by atoms with Crippen LogP contribution in [0.3, 0.4) is 0 Å². The Bertz CT molecular complexity index is 814. The fourth-order valence-electron chi connectivity index (χ4n) is 2.18. The summed E-state index contributed by atoms with van der Waals surface area (Å²) in [6, 6.07) is 10.8. The summed E-state index contributed by atoms with van der Waals surface area (Å²) in [6.07, 6.45) is 1.94. The van der Waals surface area contributed by atoms with Crippen LogP contribution in [0.25, 0.3) is 0 Å². The molecule has 0 spiro atoms. The van der Waals surface area contributed by atoms with E-state index < -0.39 is 0 Å². The predicted molar refractivity (Wildman–Crippen MR) is 114 cm³/mol. The maximum atomic E-state index is 12.6. The molecule has 7 heteroatoms. The van der Waals surface area contributed by atoms with Gasteiger partial charge in [-0.05, 0) is 61.5 Å². The van der Waals surface area contributed by atoms with Gasteiger partial charge in [-0.3, -0.25) is 10.1 Å². The number of carbonyl (C=O) groups excluding carboxylic acids is 1. The molecule has 0 unspecified atom stereocenters. The van der Waals surface area contributed by atoms with Gasteiger partial charge in [0.2, 0.25) is 0 Å². The third-order valence-electron chi connectivity index (χ3n) is 3.62. The third-order valence-corrected chi connectivity index (χ3v) is 4.55. The van der Waals surface area contributed by atoms with Crippen LogP contribution in [-0.4, -0.2) is 17.6 Å². The number of carbonyl (C=O) groups is 1. The highest BCUT2D eigenvalue weighted by atomic mass is 79.9. The third kappa shape index (κ3) is 5.97. The Morgan fingerprint density at radius 1 is 1.27 bits per heavy atom. The van der Waals surface area contributed by atoms with E-state index in [2.05, 4.69) is 33.5 Å². The van der Waals surface area contributed by atoms with Crippen LogP contribution in [0.1, 0.15) is 35.7 Å². The minimum atomic E-state index is -0.338. The van der Waals surface area contributed by atoms with E-state index in [0.29, 0.717) is 22.9 Å². The van der Waals surface area contributed by atoms with Crippen LogP contribution in [-0.2, 0) is 0 Å². The zero-order valence-corrected chi connectivity index (χ0v) is 17.7. The van der Waals surface area contributed by atoms with Gasteiger partial charge in [0.25, 0.3) is 5.91 Å². The van der Waals surface area contributed by atoms with Crippen LogP contribution >= 0.6 is 39.7 Å². The summed E-state index contributed by atoms with van der Waals surface area (Å²) in [5.74, 6) is 0.191. The molecule has 0 saturated heterocycles. The fraction of sp³-hybridized carbons (Fsp3) is 0.263. The van der Waals surface area contributed by atoms with E-state index in [0.717, 1.165) is 28.6 Å². The first-order chi connectivity index (χ1) is 12.4. The molecule has 2 aromatic rings. The topological polar surface area (TPSA) is 50.4 Å². The highest BCUT2D eigenvalue weighted by Crippen LogP contribution is 2.24. The average molecular weight is 456 g/mol. The lowest BCUT2D eigenvalue weighted by Gasteiger charge is -2.14. The van der Waals surface area contributed by atoms with Crippen LogP contribution in [0.4, 0.5) is 5.69 Å². The predicted octanol–water partition coefficient (Wildman–Crippen LogP) is 5.72. The van der Waals surface area contributed by atoms with Gasteiger partial charge in [-0.15, -0.1) is 0 Å². The number of nitrogens with one attached hydrogen (secondary N) is 2. The lowest BCUT2D eigenvalue weighted by Crippen LogP contribution is -2.34. The van der Waals surface area contributed by atoms with Crippen molar-refractivity contribution in [2.45, 2.75) is 26.7 Å². The fourth-order valence-corrected chi connectivity index (χ4v) is 2.92. The second-order valence-electron chi connectivity index (χ2n) is 5.71. The molecule has 0 radical (unpaired) electrons. The van der Waals surface area contributed by atoms with Gasteiger partial charge < -0.3 is 10.1 Å². The molecule has 4 nitrogen and oxygen atoms in total. The first-order valence-corrected chi connectivity index (χ1v) is 9.79. The molecular formula is C19H20BrClN2O2S. The molecule has 2 rings (SSSR count). The van der Waals surface area contributed by atoms with E-state index >= 15 is 0 Å². The Balaban J connectivity index is 2.09. The molecule has 0 aliphatic rings. The Morgan fingerprint density at radius 2 is 2.04 bits per heavy atom. The molecular weight excluding hydrogens is 436 g/mol. The molecule has 0 saturated carbocycles. The zero-order chi connectivity index (χ0) is 19.1. The number of unbranched alkanes of at least 4 members (excludes halogenated alkanes) is 1. The van der Waals surface area contributed by atoms with Crippen LogP contribution in [0, 0.1) is 6.92 Å². The largest absolute Gasteiger partial charge is 0.493 e. The Hall–Kier alpha value is -1.63. The van der Waals surface area contributed by atoms with Crippen LogP contribution in [0.15, 0.2) is 40.9 Å². The number of halogens is 2. The highest BCUT2D eigenvalue weighted by Gasteiger charge is 2.15. The number of hydrogen-bond acceptors (Lipinski definition) is 3. The lowest BCUT2D eigenvalue weighted by molar-refractivity contribution is 0.0973. The van der Waals surface area contributed by atoms with E-state index in [9.17, 15) is 4.79 Å². The van der Waals surface area contributed by atoms with Crippen LogP contribution in [0.2, 0.25) is 5.02 Å². The van der Waals surface area contributed by atoms with Gasteiger partial charge >= 0.3 is 0 Å². The molecule has 0 aliphatic carbocycles. The number of anilines is 1. The molecule has 2 aromatic carbocycles. The number of aryl methyl sites for hydroxylation is 1. The molecule has 138 valence electrons. The van der Waals surface area contributed by atoms with Crippen molar-refractivity contribution in [1.82, 2.24) is 5.32 Å². The molecule has 26 heavy (non-hydrogen) atoms. The number of hydrogen-bond donors (Lipinski definition) is 2. The van der Waals surface area contributed by atoms with Crippen molar-refractivity contribution >= 4 is 56.5 Å². The van der Waals surface area contributed by atoms with Gasteiger partial charge in [-0.1, -0.05) is 46.9 Å². The molecule has 0 aliphatic heterocycles. The normalized spacial score (nSPS) is 10.3. The summed E-state index contributed by atoms with van der Waals surface area (Å²) in [5.41, 5.74) is 2.14. The number of benzene rings is 2. The molecule has 0 fully saturated rings. The monoisotopic (exact) mass is 454 g/mol. The van der Waals surface area contributed by atoms with Gasteiger partial charge in [0.15, 0.2) is 5.11 Å². The smallest absolute Gasteiger partial charge is 0.261 e. The standard InChI is InChI=1S/C19H20BrClN2O2S/c1-3-4-9-25-17-8-6-13(20)10-15(17)18(24)23-19(26)22-16-11-14(21)7-5-12(16)2/h5-8,10-11H,3-4,9H2,1-2H3,(H2,22,23,24,26). The van der Waals surface area contributed by atoms with Gasteiger partial charge in [0.1, 0.15) is 5.75 Å². The summed E-state index contributed by atoms with van der Waals surface area (Å²) in [4.78, 5) is 12.6. The van der Waals surface area contributed by atoms with E-state index in [4.69, 9.17) is 28.6 Å². The summed E-state index contributed by atoms with van der Waals surface area (Å²) < 4.78 is 6.51. The molecule has 2 N–H and O–H groups in total. The van der Waals surface area contributed by atoms with Gasteiger partial charge in [-0.2, -0.15) is 0 Å². The first kappa shape index (κ1) is 20.7. The first-order valence-electron chi connectivity index (χ1n) is 8.21. The Labute approximate surface area is 172 Å². The second-order valence-corrected chi connectivity index (χ2v) is 7.47. The molecule has 0 aromatic heterocycles. The lowest BCUT2D eigenvalue weighted by atomic mass is 10.2. The Morgan fingerprint density at radius 3 is 2.77 bits per heavy atom. The second kappa shape index (κ2) is 9.90. The quantitative estimate of drug-likeness (QED) is 0.432. The van der Waals surface area contributed by atoms with Crippen molar-refractivity contribution in [2.24, 2.45) is 0 Å². The highest BCUT2D eigenvalue weighted by molar-refractivity contribution is 9.10. The van der Waals surface area contributed by atoms with Crippen molar-refractivity contribution in [3.05, 3.63) is 57.0 Å².